The lowest BCUT2D eigenvalue weighted by molar-refractivity contribution is -0.772. The van der Waals surface area contributed by atoms with E-state index in [1.54, 1.807) is 7.05 Å². The van der Waals surface area contributed by atoms with Gasteiger partial charge in [-0.25, -0.2) is 4.79 Å². The highest BCUT2D eigenvalue weighted by molar-refractivity contribution is 8.00. The van der Waals surface area contributed by atoms with E-state index in [0.29, 0.717) is 11.4 Å². The molecule has 112 valence electrons. The Morgan fingerprint density at radius 2 is 2.29 bits per heavy atom. The van der Waals surface area contributed by atoms with E-state index >= 15 is 0 Å². The van der Waals surface area contributed by atoms with Crippen LogP contribution >= 0.6 is 11.8 Å². The fourth-order valence-corrected chi connectivity index (χ4v) is 2.80. The van der Waals surface area contributed by atoms with Gasteiger partial charge in [-0.1, -0.05) is 23.7 Å². The largest absolute Gasteiger partial charge is 0.441 e. The quantitative estimate of drug-likeness (QED) is 0.650. The number of H-pyrrole nitrogens is 1. The fourth-order valence-electron chi connectivity index (χ4n) is 1.86. The topological polar surface area (TPSA) is 79.0 Å². The average Bonchev–Trinajstić information content (AvgIpc) is 2.75. The van der Waals surface area contributed by atoms with Crippen LogP contribution in [0.3, 0.4) is 0 Å². The summed E-state index contributed by atoms with van der Waals surface area (Å²) in [6.07, 6.45) is 0.604. The van der Waals surface area contributed by atoms with Crippen LogP contribution in [0.25, 0.3) is 0 Å². The Bertz CT molecular complexity index is 693. The molecule has 0 saturated carbocycles. The number of anilines is 1. The molecule has 2 N–H and O–H groups in total. The second-order valence-electron chi connectivity index (χ2n) is 4.72. The summed E-state index contributed by atoms with van der Waals surface area (Å²) >= 11 is 1.19. The highest BCUT2D eigenvalue weighted by Crippen LogP contribution is 2.21. The highest BCUT2D eigenvalue weighted by atomic mass is 32.2. The van der Waals surface area contributed by atoms with Crippen LogP contribution in [0.2, 0.25) is 0 Å². The lowest BCUT2D eigenvalue weighted by Gasteiger charge is -2.12. The van der Waals surface area contributed by atoms with Crippen molar-refractivity contribution in [1.82, 2.24) is 5.27 Å². The van der Waals surface area contributed by atoms with E-state index in [0.717, 1.165) is 11.3 Å². The summed E-state index contributed by atoms with van der Waals surface area (Å²) in [5, 5.41) is 5.32. The molecule has 0 aliphatic rings. The molecule has 7 heteroatoms. The second kappa shape index (κ2) is 6.62. The zero-order valence-corrected chi connectivity index (χ0v) is 13.0. The summed E-state index contributed by atoms with van der Waals surface area (Å²) in [4.78, 5) is 23.9. The summed E-state index contributed by atoms with van der Waals surface area (Å²) in [5.41, 5.74) is 1.36. The van der Waals surface area contributed by atoms with Crippen molar-refractivity contribution in [1.29, 1.82) is 0 Å². The number of amides is 1. The minimum Gasteiger partial charge on any atom is -0.325 e. The van der Waals surface area contributed by atoms with Gasteiger partial charge in [-0.2, -0.15) is 0 Å². The minimum absolute atomic E-state index is 0.131. The van der Waals surface area contributed by atoms with Crippen molar-refractivity contribution in [2.45, 2.75) is 30.5 Å². The standard InChI is InChI=1S/C14H17N3O3S/c1-4-11(21-13-14(19)20-16-17(13)3)12(18)15-10-7-5-6-9(2)8-10/h5-8,11H,4H2,1-3H3,(H-,15,16,18,19)/p+1. The van der Waals surface area contributed by atoms with E-state index in [-0.39, 0.29) is 11.2 Å². The van der Waals surface area contributed by atoms with Gasteiger partial charge in [-0.15, -0.1) is 0 Å². The van der Waals surface area contributed by atoms with Crippen LogP contribution in [0.1, 0.15) is 18.9 Å². The SMILES string of the molecule is CCC(Sc1c(=O)o[nH][n+]1C)C(=O)Nc1cccc(C)c1. The van der Waals surface area contributed by atoms with Gasteiger partial charge < -0.3 is 5.32 Å². The van der Waals surface area contributed by atoms with E-state index in [1.807, 2.05) is 38.1 Å². The van der Waals surface area contributed by atoms with Crippen LogP contribution < -0.4 is 15.6 Å². The van der Waals surface area contributed by atoms with Gasteiger partial charge in [-0.05, 0) is 48.1 Å². The number of nitrogens with zero attached hydrogens (tertiary/aromatic N) is 1. The number of aromatic amines is 1. The monoisotopic (exact) mass is 308 g/mol. The Balaban J connectivity index is 2.10. The number of carbonyl (C=O) groups excluding carboxylic acids is 1. The number of rotatable bonds is 5. The van der Waals surface area contributed by atoms with Crippen molar-refractivity contribution < 1.29 is 14.0 Å². The zero-order valence-electron chi connectivity index (χ0n) is 12.2. The first-order valence-electron chi connectivity index (χ1n) is 6.63. The maximum atomic E-state index is 12.3. The van der Waals surface area contributed by atoms with E-state index in [2.05, 4.69) is 15.1 Å². The molecule has 0 fully saturated rings. The molecule has 2 aromatic rings. The zero-order chi connectivity index (χ0) is 15.4. The van der Waals surface area contributed by atoms with E-state index in [1.165, 1.54) is 16.4 Å². The summed E-state index contributed by atoms with van der Waals surface area (Å²) in [5.74, 6) is -0.131. The Labute approximate surface area is 126 Å². The van der Waals surface area contributed by atoms with Crippen LogP contribution in [0.15, 0.2) is 38.6 Å². The van der Waals surface area contributed by atoms with Gasteiger partial charge in [0.2, 0.25) is 5.91 Å². The van der Waals surface area contributed by atoms with Crippen LogP contribution in [0.4, 0.5) is 5.69 Å². The molecule has 1 unspecified atom stereocenters. The number of nitrogens with one attached hydrogen (secondary N) is 2. The lowest BCUT2D eigenvalue weighted by atomic mass is 10.2. The lowest BCUT2D eigenvalue weighted by Crippen LogP contribution is -2.35. The number of aryl methyl sites for hydroxylation is 2. The van der Waals surface area contributed by atoms with Gasteiger partial charge >= 0.3 is 10.7 Å². The Kier molecular flexibility index (Phi) is 4.85. The van der Waals surface area contributed by atoms with Crippen LogP contribution in [0, 0.1) is 6.92 Å². The first-order valence-corrected chi connectivity index (χ1v) is 7.51. The summed E-state index contributed by atoms with van der Waals surface area (Å²) in [6.45, 7) is 3.87. The first-order chi connectivity index (χ1) is 10.0. The van der Waals surface area contributed by atoms with Crippen molar-refractivity contribution in [2.24, 2.45) is 7.05 Å². The molecule has 1 aromatic carbocycles. The molecule has 1 aromatic heterocycles. The van der Waals surface area contributed by atoms with Crippen LogP contribution in [-0.4, -0.2) is 16.4 Å². The average molecular weight is 308 g/mol. The molecule has 6 nitrogen and oxygen atoms in total. The van der Waals surface area contributed by atoms with Gasteiger partial charge in [0.15, 0.2) is 7.05 Å². The third-order valence-corrected chi connectivity index (χ3v) is 4.45. The Morgan fingerprint density at radius 3 is 2.86 bits per heavy atom. The number of hydrogen-bond acceptors (Lipinski definition) is 4. The molecule has 1 atom stereocenters. The van der Waals surface area contributed by atoms with Gasteiger partial charge in [0.1, 0.15) is 0 Å². The third-order valence-electron chi connectivity index (χ3n) is 2.96. The molecular weight excluding hydrogens is 290 g/mol. The van der Waals surface area contributed by atoms with Crippen LogP contribution in [-0.2, 0) is 11.8 Å². The molecule has 1 amide bonds. The fraction of sp³-hybridized carbons (Fsp3) is 0.357. The van der Waals surface area contributed by atoms with Crippen molar-refractivity contribution in [2.75, 3.05) is 5.32 Å². The van der Waals surface area contributed by atoms with Crippen molar-refractivity contribution in [3.05, 3.63) is 40.2 Å². The van der Waals surface area contributed by atoms with E-state index < -0.39 is 5.63 Å². The smallest absolute Gasteiger partial charge is 0.325 e. The van der Waals surface area contributed by atoms with Crippen molar-refractivity contribution in [3.63, 3.8) is 0 Å². The first kappa shape index (κ1) is 15.4. The molecule has 0 spiro atoms. The molecule has 0 saturated heterocycles. The predicted molar refractivity (Wildman–Crippen MR) is 80.2 cm³/mol. The van der Waals surface area contributed by atoms with E-state index in [9.17, 15) is 9.59 Å². The number of benzene rings is 1. The summed E-state index contributed by atoms with van der Waals surface area (Å²) < 4.78 is 6.15. The van der Waals surface area contributed by atoms with Gasteiger partial charge in [0.25, 0.3) is 0 Å². The van der Waals surface area contributed by atoms with Crippen LogP contribution in [0.5, 0.6) is 0 Å². The third kappa shape index (κ3) is 3.75. The Hall–Kier alpha value is -2.02. The highest BCUT2D eigenvalue weighted by Gasteiger charge is 2.27. The van der Waals surface area contributed by atoms with E-state index in [4.69, 9.17) is 0 Å². The minimum atomic E-state index is -0.468. The molecular formula is C14H18N3O3S+. The predicted octanol–water partition coefficient (Wildman–Crippen LogP) is 1.61. The number of carbonyl (C=O) groups is 1. The normalized spacial score (nSPS) is 12.1. The van der Waals surface area contributed by atoms with Crippen molar-refractivity contribution in [3.8, 4) is 0 Å². The maximum absolute atomic E-state index is 12.3. The molecule has 2 rings (SSSR count). The molecule has 0 radical (unpaired) electrons. The Morgan fingerprint density at radius 1 is 1.52 bits per heavy atom. The summed E-state index contributed by atoms with van der Waals surface area (Å²) in [6, 6.07) is 7.60. The summed E-state index contributed by atoms with van der Waals surface area (Å²) in [7, 11) is 1.67. The molecule has 0 bridgehead atoms. The maximum Gasteiger partial charge on any atom is 0.441 e. The van der Waals surface area contributed by atoms with Gasteiger partial charge in [0.05, 0.1) is 5.25 Å². The molecule has 21 heavy (non-hydrogen) atoms. The molecule has 0 aliphatic carbocycles. The van der Waals surface area contributed by atoms with Gasteiger partial charge in [0, 0.05) is 5.69 Å². The number of hydrogen-bond donors (Lipinski definition) is 2. The number of thioether (sulfide) groups is 1. The second-order valence-corrected chi connectivity index (χ2v) is 5.91. The molecule has 1 heterocycles. The molecule has 0 aliphatic heterocycles. The van der Waals surface area contributed by atoms with Gasteiger partial charge in [-0.3, -0.25) is 9.32 Å². The van der Waals surface area contributed by atoms with Crippen molar-refractivity contribution >= 4 is 23.4 Å². The number of aromatic nitrogens is 2.